The van der Waals surface area contributed by atoms with Gasteiger partial charge in [0.05, 0.1) is 22.0 Å². The Balaban J connectivity index is 1.71. The van der Waals surface area contributed by atoms with Crippen LogP contribution >= 0.6 is 27.5 Å². The molecule has 0 saturated carbocycles. The zero-order valence-corrected chi connectivity index (χ0v) is 15.3. The summed E-state index contributed by atoms with van der Waals surface area (Å²) in [4.78, 5) is 17.4. The highest BCUT2D eigenvalue weighted by molar-refractivity contribution is 9.10. The van der Waals surface area contributed by atoms with Gasteiger partial charge in [-0.3, -0.25) is 4.79 Å². The monoisotopic (exact) mass is 446 g/mol. The number of benzene rings is 2. The molecule has 1 N–H and O–H groups in total. The summed E-state index contributed by atoms with van der Waals surface area (Å²) in [5.41, 5.74) is 0.315. The van der Waals surface area contributed by atoms with Crippen molar-refractivity contribution in [1.29, 1.82) is 0 Å². The molecule has 0 bridgehead atoms. The lowest BCUT2D eigenvalue weighted by atomic mass is 10.0. The smallest absolute Gasteiger partial charge is 0.382 e. The first-order valence-electron chi connectivity index (χ1n) is 7.40. The van der Waals surface area contributed by atoms with Crippen molar-refractivity contribution in [2.45, 2.75) is 18.7 Å². The van der Waals surface area contributed by atoms with Crippen molar-refractivity contribution in [3.05, 3.63) is 63.1 Å². The standard InChI is InChI=1S/C17H11BrClF3N2O2/c18-11-3-1-2-9(6-11)13-8-15(26-24-13)16(25)23-14-7-10(17(20,21)22)4-5-12(14)19/h1-7,15H,8H2,(H,23,25). The Morgan fingerprint density at radius 3 is 2.73 bits per heavy atom. The second-order valence-corrected chi connectivity index (χ2v) is 6.85. The van der Waals surface area contributed by atoms with E-state index in [-0.39, 0.29) is 17.1 Å². The lowest BCUT2D eigenvalue weighted by molar-refractivity contribution is -0.137. The van der Waals surface area contributed by atoms with Crippen LogP contribution in [-0.2, 0) is 15.8 Å². The van der Waals surface area contributed by atoms with Crippen LogP contribution in [0.3, 0.4) is 0 Å². The van der Waals surface area contributed by atoms with E-state index >= 15 is 0 Å². The van der Waals surface area contributed by atoms with Crippen molar-refractivity contribution in [2.75, 3.05) is 5.32 Å². The Bertz CT molecular complexity index is 887. The molecule has 2 aromatic rings. The van der Waals surface area contributed by atoms with Crippen LogP contribution in [0.1, 0.15) is 17.5 Å². The first-order chi connectivity index (χ1) is 12.2. The molecule has 9 heteroatoms. The fourth-order valence-electron chi connectivity index (χ4n) is 2.37. The van der Waals surface area contributed by atoms with E-state index in [0.717, 1.165) is 28.2 Å². The van der Waals surface area contributed by atoms with E-state index < -0.39 is 23.8 Å². The zero-order chi connectivity index (χ0) is 18.9. The molecule has 0 fully saturated rings. The number of halogens is 5. The number of oxime groups is 1. The van der Waals surface area contributed by atoms with E-state index in [1.807, 2.05) is 24.3 Å². The molecular formula is C17H11BrClF3N2O2. The molecule has 1 aliphatic heterocycles. The molecule has 26 heavy (non-hydrogen) atoms. The van der Waals surface area contributed by atoms with E-state index in [9.17, 15) is 18.0 Å². The van der Waals surface area contributed by atoms with Gasteiger partial charge in [-0.15, -0.1) is 0 Å². The minimum atomic E-state index is -4.54. The summed E-state index contributed by atoms with van der Waals surface area (Å²) in [7, 11) is 0. The first-order valence-corrected chi connectivity index (χ1v) is 8.57. The van der Waals surface area contributed by atoms with Gasteiger partial charge in [0, 0.05) is 16.5 Å². The van der Waals surface area contributed by atoms with Crippen LogP contribution in [0.15, 0.2) is 52.1 Å². The quantitative estimate of drug-likeness (QED) is 0.698. The first kappa shape index (κ1) is 18.7. The van der Waals surface area contributed by atoms with Gasteiger partial charge in [0.15, 0.2) is 0 Å². The number of carbonyl (C=O) groups excluding carboxylic acids is 1. The maximum Gasteiger partial charge on any atom is 0.416 e. The van der Waals surface area contributed by atoms with Crippen LogP contribution in [0.5, 0.6) is 0 Å². The van der Waals surface area contributed by atoms with Crippen LogP contribution in [0.4, 0.5) is 18.9 Å². The van der Waals surface area contributed by atoms with Gasteiger partial charge in [0.2, 0.25) is 6.10 Å². The minimum absolute atomic E-state index is 0.00233. The number of carbonyl (C=O) groups is 1. The van der Waals surface area contributed by atoms with Gasteiger partial charge in [-0.05, 0) is 30.3 Å². The van der Waals surface area contributed by atoms with Gasteiger partial charge in [-0.1, -0.05) is 44.8 Å². The molecule has 1 amide bonds. The number of rotatable bonds is 3. The third kappa shape index (κ3) is 4.19. The number of alkyl halides is 3. The largest absolute Gasteiger partial charge is 0.416 e. The van der Waals surface area contributed by atoms with E-state index in [0.29, 0.717) is 5.71 Å². The van der Waals surface area contributed by atoms with Crippen molar-refractivity contribution in [3.8, 4) is 0 Å². The molecule has 0 spiro atoms. The summed E-state index contributed by atoms with van der Waals surface area (Å²) in [5.74, 6) is -0.625. The van der Waals surface area contributed by atoms with Gasteiger partial charge in [0.25, 0.3) is 5.91 Å². The number of hydrogen-bond acceptors (Lipinski definition) is 3. The molecular weight excluding hydrogens is 437 g/mol. The summed E-state index contributed by atoms with van der Waals surface area (Å²) in [6, 6.07) is 10.0. The maximum absolute atomic E-state index is 12.8. The van der Waals surface area contributed by atoms with Gasteiger partial charge in [-0.2, -0.15) is 13.2 Å². The average molecular weight is 448 g/mol. The summed E-state index contributed by atoms with van der Waals surface area (Å²) in [6.45, 7) is 0. The molecule has 1 heterocycles. The van der Waals surface area contributed by atoms with Crippen LogP contribution in [0, 0.1) is 0 Å². The Morgan fingerprint density at radius 2 is 2.04 bits per heavy atom. The number of anilines is 1. The molecule has 3 rings (SSSR count). The Hall–Kier alpha value is -2.06. The highest BCUT2D eigenvalue weighted by Gasteiger charge is 2.32. The summed E-state index contributed by atoms with van der Waals surface area (Å²) in [5, 5.41) is 6.26. The van der Waals surface area contributed by atoms with Crippen LogP contribution < -0.4 is 5.32 Å². The topological polar surface area (TPSA) is 50.7 Å². The molecule has 1 aliphatic rings. The average Bonchev–Trinajstić information content (AvgIpc) is 3.06. The third-order valence-corrected chi connectivity index (χ3v) is 4.49. The Kier molecular flexibility index (Phi) is 5.24. The highest BCUT2D eigenvalue weighted by atomic mass is 79.9. The van der Waals surface area contributed by atoms with Crippen molar-refractivity contribution in [3.63, 3.8) is 0 Å². The second kappa shape index (κ2) is 7.28. The van der Waals surface area contributed by atoms with E-state index in [1.54, 1.807) is 0 Å². The Morgan fingerprint density at radius 1 is 1.27 bits per heavy atom. The predicted molar refractivity (Wildman–Crippen MR) is 95.3 cm³/mol. The SMILES string of the molecule is O=C(Nc1cc(C(F)(F)F)ccc1Cl)C1CC(c2cccc(Br)c2)=NO1. The van der Waals surface area contributed by atoms with Gasteiger partial charge < -0.3 is 10.2 Å². The number of nitrogens with one attached hydrogen (secondary N) is 1. The maximum atomic E-state index is 12.8. The molecule has 0 aliphatic carbocycles. The highest BCUT2D eigenvalue weighted by Crippen LogP contribution is 2.34. The molecule has 0 radical (unpaired) electrons. The van der Waals surface area contributed by atoms with Crippen molar-refractivity contribution < 1.29 is 22.8 Å². The van der Waals surface area contributed by atoms with Gasteiger partial charge >= 0.3 is 6.18 Å². The minimum Gasteiger partial charge on any atom is -0.382 e. The molecule has 136 valence electrons. The van der Waals surface area contributed by atoms with E-state index in [2.05, 4.69) is 26.4 Å². The fraction of sp³-hybridized carbons (Fsp3) is 0.176. The van der Waals surface area contributed by atoms with Crippen molar-refractivity contribution in [1.82, 2.24) is 0 Å². The second-order valence-electron chi connectivity index (χ2n) is 5.53. The lowest BCUT2D eigenvalue weighted by Crippen LogP contribution is -2.28. The molecule has 0 aromatic heterocycles. The number of nitrogens with zero attached hydrogens (tertiary/aromatic N) is 1. The van der Waals surface area contributed by atoms with Crippen molar-refractivity contribution in [2.24, 2.45) is 5.16 Å². The zero-order valence-electron chi connectivity index (χ0n) is 13.0. The molecule has 2 aromatic carbocycles. The summed E-state index contributed by atoms with van der Waals surface area (Å²) >= 11 is 9.23. The molecule has 4 nitrogen and oxygen atoms in total. The van der Waals surface area contributed by atoms with Crippen LogP contribution in [-0.4, -0.2) is 17.7 Å². The summed E-state index contributed by atoms with van der Waals surface area (Å²) in [6.07, 6.45) is -5.29. The van der Waals surface area contributed by atoms with E-state index in [4.69, 9.17) is 16.4 Å². The van der Waals surface area contributed by atoms with Crippen LogP contribution in [0.25, 0.3) is 0 Å². The molecule has 1 atom stereocenters. The lowest BCUT2D eigenvalue weighted by Gasteiger charge is -2.13. The number of hydrogen-bond donors (Lipinski definition) is 1. The molecule has 0 saturated heterocycles. The Labute approximate surface area is 160 Å². The van der Waals surface area contributed by atoms with E-state index in [1.165, 1.54) is 0 Å². The van der Waals surface area contributed by atoms with Gasteiger partial charge in [-0.25, -0.2) is 0 Å². The number of amides is 1. The van der Waals surface area contributed by atoms with Gasteiger partial charge in [0.1, 0.15) is 0 Å². The third-order valence-electron chi connectivity index (χ3n) is 3.67. The molecule has 1 unspecified atom stereocenters. The normalized spacial score (nSPS) is 16.8. The van der Waals surface area contributed by atoms with Crippen molar-refractivity contribution >= 4 is 44.8 Å². The fourth-order valence-corrected chi connectivity index (χ4v) is 2.93. The van der Waals surface area contributed by atoms with Crippen LogP contribution in [0.2, 0.25) is 5.02 Å². The predicted octanol–water partition coefficient (Wildman–Crippen LogP) is 5.25. The summed E-state index contributed by atoms with van der Waals surface area (Å²) < 4.78 is 39.3.